The van der Waals surface area contributed by atoms with Crippen molar-refractivity contribution in [2.45, 2.75) is 17.3 Å². The van der Waals surface area contributed by atoms with Gasteiger partial charge in [-0.05, 0) is 36.8 Å². The largest absolute Gasteiger partial charge is 0.355 e. The van der Waals surface area contributed by atoms with E-state index in [4.69, 9.17) is 0 Å². The van der Waals surface area contributed by atoms with Gasteiger partial charge in [-0.15, -0.1) is 15.3 Å². The van der Waals surface area contributed by atoms with Gasteiger partial charge in [0, 0.05) is 30.5 Å². The van der Waals surface area contributed by atoms with Gasteiger partial charge in [0.1, 0.15) is 12.0 Å². The van der Waals surface area contributed by atoms with Crippen molar-refractivity contribution in [2.24, 2.45) is 7.05 Å². The summed E-state index contributed by atoms with van der Waals surface area (Å²) in [5.74, 6) is -0.133. The van der Waals surface area contributed by atoms with Gasteiger partial charge in [0.25, 0.3) is 5.91 Å². The van der Waals surface area contributed by atoms with Crippen LogP contribution in [0.5, 0.6) is 0 Å². The van der Waals surface area contributed by atoms with Gasteiger partial charge in [-0.1, -0.05) is 41.2 Å². The highest BCUT2D eigenvalue weighted by Gasteiger charge is 2.13. The molecule has 0 saturated carbocycles. The molecular formula is C21H21N7OS. The summed E-state index contributed by atoms with van der Waals surface area (Å²) in [4.78, 5) is 11.9. The van der Waals surface area contributed by atoms with Crippen LogP contribution in [0.4, 0.5) is 0 Å². The topological polar surface area (TPSA) is 90.5 Å². The molecular weight excluding hydrogens is 398 g/mol. The lowest BCUT2D eigenvalue weighted by atomic mass is 10.1. The molecule has 0 radical (unpaired) electrons. The molecule has 2 heterocycles. The fourth-order valence-electron chi connectivity index (χ4n) is 3.01. The molecule has 30 heavy (non-hydrogen) atoms. The smallest absolute Gasteiger partial charge is 0.251 e. The van der Waals surface area contributed by atoms with Crippen LogP contribution < -0.4 is 5.32 Å². The Hall–Kier alpha value is -3.46. The zero-order valence-electron chi connectivity index (χ0n) is 16.9. The Morgan fingerprint density at radius 2 is 1.97 bits per heavy atom. The molecule has 0 unspecified atom stereocenters. The monoisotopic (exact) mass is 419 g/mol. The first-order valence-electron chi connectivity index (χ1n) is 9.41. The fourth-order valence-corrected chi connectivity index (χ4v) is 3.92. The predicted octanol–water partition coefficient (Wildman–Crippen LogP) is 3.28. The van der Waals surface area contributed by atoms with Crippen molar-refractivity contribution in [1.29, 1.82) is 0 Å². The summed E-state index contributed by atoms with van der Waals surface area (Å²) < 4.78 is 3.65. The van der Waals surface area contributed by atoms with Crippen molar-refractivity contribution < 1.29 is 4.79 Å². The number of hydrogen-bond acceptors (Lipinski definition) is 6. The van der Waals surface area contributed by atoms with E-state index in [0.29, 0.717) is 11.3 Å². The number of rotatable bonds is 6. The molecule has 0 aliphatic heterocycles. The van der Waals surface area contributed by atoms with Gasteiger partial charge in [-0.25, -0.2) is 4.68 Å². The first-order chi connectivity index (χ1) is 14.5. The summed E-state index contributed by atoms with van der Waals surface area (Å²) in [6, 6.07) is 15.5. The summed E-state index contributed by atoms with van der Waals surface area (Å²) >= 11 is 1.65. The van der Waals surface area contributed by atoms with Crippen molar-refractivity contribution >= 4 is 17.7 Å². The van der Waals surface area contributed by atoms with E-state index in [0.717, 1.165) is 22.0 Å². The van der Waals surface area contributed by atoms with Crippen LogP contribution in [0.15, 0.2) is 66.2 Å². The van der Waals surface area contributed by atoms with E-state index in [1.54, 1.807) is 35.9 Å². The molecule has 2 aromatic heterocycles. The summed E-state index contributed by atoms with van der Waals surface area (Å²) in [5.41, 5.74) is 4.19. The van der Waals surface area contributed by atoms with Gasteiger partial charge < -0.3 is 9.88 Å². The van der Waals surface area contributed by atoms with Crippen LogP contribution >= 0.6 is 11.8 Å². The normalized spacial score (nSPS) is 12.0. The zero-order valence-corrected chi connectivity index (χ0v) is 17.7. The second kappa shape index (κ2) is 8.50. The number of thioether (sulfide) groups is 1. The Balaban J connectivity index is 1.57. The number of aryl methyl sites for hydroxylation is 1. The molecule has 0 fully saturated rings. The predicted molar refractivity (Wildman–Crippen MR) is 115 cm³/mol. The molecule has 152 valence electrons. The number of carbonyl (C=O) groups excluding carboxylic acids is 1. The number of carbonyl (C=O) groups is 1. The molecule has 1 N–H and O–H groups in total. The lowest BCUT2D eigenvalue weighted by Crippen LogP contribution is -2.17. The Morgan fingerprint density at radius 1 is 1.13 bits per heavy atom. The molecule has 1 amide bonds. The van der Waals surface area contributed by atoms with Gasteiger partial charge >= 0.3 is 0 Å². The Bertz CT molecular complexity index is 1180. The van der Waals surface area contributed by atoms with E-state index in [1.165, 1.54) is 0 Å². The van der Waals surface area contributed by atoms with Gasteiger partial charge in [-0.3, -0.25) is 4.79 Å². The van der Waals surface area contributed by atoms with Gasteiger partial charge in [0.2, 0.25) is 0 Å². The number of amides is 1. The van der Waals surface area contributed by atoms with Gasteiger partial charge in [0.15, 0.2) is 5.16 Å². The molecule has 0 saturated heterocycles. The van der Waals surface area contributed by atoms with Crippen LogP contribution in [0.25, 0.3) is 16.9 Å². The molecule has 0 spiro atoms. The van der Waals surface area contributed by atoms with Crippen molar-refractivity contribution in [1.82, 2.24) is 35.1 Å². The summed E-state index contributed by atoms with van der Waals surface area (Å²) in [6.07, 6.45) is 3.56. The lowest BCUT2D eigenvalue weighted by molar-refractivity contribution is 0.0963. The number of nitrogens with zero attached hydrogens (tertiary/aromatic N) is 6. The average Bonchev–Trinajstić information content (AvgIpc) is 3.43. The third kappa shape index (κ3) is 4.11. The fraction of sp³-hybridized carbons (Fsp3) is 0.190. The van der Waals surface area contributed by atoms with E-state index >= 15 is 0 Å². The molecule has 9 heteroatoms. The summed E-state index contributed by atoms with van der Waals surface area (Å²) in [5, 5.41) is 20.3. The molecule has 0 aliphatic carbocycles. The number of benzene rings is 2. The second-order valence-corrected chi connectivity index (χ2v) is 8.10. The molecule has 8 nitrogen and oxygen atoms in total. The molecule has 4 aromatic rings. The second-order valence-electron chi connectivity index (χ2n) is 6.79. The van der Waals surface area contributed by atoms with E-state index in [2.05, 4.69) is 44.9 Å². The Kier molecular flexibility index (Phi) is 5.62. The van der Waals surface area contributed by atoms with E-state index in [9.17, 15) is 4.79 Å². The quantitative estimate of drug-likeness (QED) is 0.483. The molecule has 4 rings (SSSR count). The highest BCUT2D eigenvalue weighted by atomic mass is 32.2. The third-order valence-corrected chi connectivity index (χ3v) is 5.90. The molecule has 0 bridgehead atoms. The number of hydrogen-bond donors (Lipinski definition) is 1. The van der Waals surface area contributed by atoms with Crippen LogP contribution in [-0.4, -0.2) is 42.7 Å². The minimum atomic E-state index is -0.133. The number of aromatic nitrogens is 6. The van der Waals surface area contributed by atoms with Crippen molar-refractivity contribution in [2.75, 3.05) is 7.05 Å². The number of nitrogens with one attached hydrogen (secondary N) is 1. The Labute approximate surface area is 178 Å². The minimum Gasteiger partial charge on any atom is -0.355 e. The SMILES string of the molecule is CNC(=O)c1cccc(-c2cn(-c3cccc([C@H](C)Sc4nncn4C)c3)nn2)c1. The minimum absolute atomic E-state index is 0.133. The standard InChI is InChI=1S/C21H21N7OS/c1-14(30-21-25-23-13-27(21)3)15-6-5-9-18(11-15)28-12-19(24-26-28)16-7-4-8-17(10-16)20(29)22-2/h4-14H,1-3H3,(H,22,29)/t14-/m0/s1. The van der Waals surface area contributed by atoms with Crippen molar-refractivity contribution in [3.8, 4) is 16.9 Å². The van der Waals surface area contributed by atoms with Crippen molar-refractivity contribution in [3.63, 3.8) is 0 Å². The summed E-state index contributed by atoms with van der Waals surface area (Å²) in [6.45, 7) is 2.13. The van der Waals surface area contributed by atoms with Crippen LogP contribution in [0.3, 0.4) is 0 Å². The maximum absolute atomic E-state index is 11.9. The van der Waals surface area contributed by atoms with Gasteiger partial charge in [-0.2, -0.15) is 0 Å². The lowest BCUT2D eigenvalue weighted by Gasteiger charge is -2.12. The molecule has 0 aliphatic rings. The van der Waals surface area contributed by atoms with Gasteiger partial charge in [0.05, 0.1) is 11.9 Å². The van der Waals surface area contributed by atoms with Crippen LogP contribution in [0.1, 0.15) is 28.1 Å². The summed E-state index contributed by atoms with van der Waals surface area (Å²) in [7, 11) is 3.55. The van der Waals surface area contributed by atoms with Crippen LogP contribution in [-0.2, 0) is 7.05 Å². The van der Waals surface area contributed by atoms with E-state index in [-0.39, 0.29) is 11.2 Å². The molecule has 1 atom stereocenters. The van der Waals surface area contributed by atoms with E-state index < -0.39 is 0 Å². The molecule has 2 aromatic carbocycles. The average molecular weight is 420 g/mol. The van der Waals surface area contributed by atoms with E-state index in [1.807, 2.05) is 48.1 Å². The van der Waals surface area contributed by atoms with Crippen LogP contribution in [0.2, 0.25) is 0 Å². The highest BCUT2D eigenvalue weighted by Crippen LogP contribution is 2.34. The maximum atomic E-state index is 11.9. The maximum Gasteiger partial charge on any atom is 0.251 e. The third-order valence-electron chi connectivity index (χ3n) is 4.70. The van der Waals surface area contributed by atoms with Crippen LogP contribution in [0, 0.1) is 0 Å². The first kappa shape index (κ1) is 19.8. The Morgan fingerprint density at radius 3 is 2.73 bits per heavy atom. The zero-order chi connectivity index (χ0) is 21.1. The highest BCUT2D eigenvalue weighted by molar-refractivity contribution is 7.99. The first-order valence-corrected chi connectivity index (χ1v) is 10.3. The van der Waals surface area contributed by atoms with Crippen molar-refractivity contribution in [3.05, 3.63) is 72.2 Å².